The number of nitrogens with zero attached hydrogens (tertiary/aromatic N) is 2. The summed E-state index contributed by atoms with van der Waals surface area (Å²) in [7, 11) is 2.21. The van der Waals surface area contributed by atoms with Gasteiger partial charge in [0.05, 0.1) is 11.4 Å². The lowest BCUT2D eigenvalue weighted by Crippen LogP contribution is -2.40. The summed E-state index contributed by atoms with van der Waals surface area (Å²) in [5, 5.41) is 5.68. The Morgan fingerprint density at radius 2 is 2.25 bits per heavy atom. The van der Waals surface area contributed by atoms with Crippen LogP contribution < -0.4 is 11.1 Å². The Hall–Kier alpha value is -1.81. The van der Waals surface area contributed by atoms with Crippen molar-refractivity contribution in [1.29, 1.82) is 0 Å². The fourth-order valence-electron chi connectivity index (χ4n) is 2.98. The molecule has 0 spiro atoms. The summed E-state index contributed by atoms with van der Waals surface area (Å²) >= 11 is 0. The minimum atomic E-state index is 0.608. The third-order valence-electron chi connectivity index (χ3n) is 4.31. The molecule has 0 radical (unpaired) electrons. The first-order valence-corrected chi connectivity index (χ1v) is 7.32. The van der Waals surface area contributed by atoms with Crippen LogP contribution >= 0.6 is 0 Å². The van der Waals surface area contributed by atoms with Gasteiger partial charge in [0.25, 0.3) is 0 Å². The topological polar surface area (TPSA) is 54.2 Å². The first kappa shape index (κ1) is 13.2. The average Bonchev–Trinajstić information content (AvgIpc) is 2.48. The van der Waals surface area contributed by atoms with Crippen molar-refractivity contribution in [3.63, 3.8) is 0 Å². The Morgan fingerprint density at radius 3 is 3.10 bits per heavy atom. The van der Waals surface area contributed by atoms with Crippen LogP contribution in [0, 0.1) is 0 Å². The fraction of sp³-hybridized carbons (Fsp3) is 0.438. The summed E-state index contributed by atoms with van der Waals surface area (Å²) in [5.74, 6) is 0. The summed E-state index contributed by atoms with van der Waals surface area (Å²) in [6.45, 7) is 2.16. The van der Waals surface area contributed by atoms with E-state index in [4.69, 9.17) is 5.73 Å². The maximum Gasteiger partial charge on any atom is 0.0630 e. The van der Waals surface area contributed by atoms with E-state index in [0.717, 1.165) is 28.7 Å². The number of likely N-dealkylation sites (tertiary alicyclic amines) is 1. The maximum atomic E-state index is 6.27. The number of anilines is 2. The molecule has 2 aromatic rings. The molecule has 0 aliphatic carbocycles. The van der Waals surface area contributed by atoms with E-state index >= 15 is 0 Å². The maximum absolute atomic E-state index is 6.27. The van der Waals surface area contributed by atoms with Crippen LogP contribution in [0.1, 0.15) is 19.3 Å². The number of nitrogen functional groups attached to an aromatic ring is 1. The molecule has 1 aliphatic heterocycles. The lowest BCUT2D eigenvalue weighted by molar-refractivity contribution is 0.194. The minimum Gasteiger partial charge on any atom is -0.397 e. The Morgan fingerprint density at radius 1 is 1.35 bits per heavy atom. The highest BCUT2D eigenvalue weighted by molar-refractivity contribution is 5.98. The molecule has 3 N–H and O–H groups in total. The Balaban J connectivity index is 1.75. The number of pyridine rings is 1. The molecule has 20 heavy (non-hydrogen) atoms. The van der Waals surface area contributed by atoms with Crippen LogP contribution in [0.15, 0.2) is 30.6 Å². The number of hydrogen-bond donors (Lipinski definition) is 2. The molecule has 1 unspecified atom stereocenters. The SMILES string of the molecule is CN1CCCCC1CNc1ccc2cnccc2c1N. The molecule has 0 saturated carbocycles. The van der Waals surface area contributed by atoms with E-state index in [9.17, 15) is 0 Å². The highest BCUT2D eigenvalue weighted by atomic mass is 15.2. The van der Waals surface area contributed by atoms with Crippen molar-refractivity contribution in [3.05, 3.63) is 30.6 Å². The summed E-state index contributed by atoms with van der Waals surface area (Å²) in [4.78, 5) is 6.57. The van der Waals surface area contributed by atoms with Gasteiger partial charge in [-0.05, 0) is 38.6 Å². The van der Waals surface area contributed by atoms with Crippen molar-refractivity contribution in [2.75, 3.05) is 31.2 Å². The van der Waals surface area contributed by atoms with Crippen molar-refractivity contribution >= 4 is 22.1 Å². The van der Waals surface area contributed by atoms with Crippen molar-refractivity contribution in [1.82, 2.24) is 9.88 Å². The van der Waals surface area contributed by atoms with Gasteiger partial charge >= 0.3 is 0 Å². The molecule has 4 heteroatoms. The smallest absolute Gasteiger partial charge is 0.0630 e. The third-order valence-corrected chi connectivity index (χ3v) is 4.31. The largest absolute Gasteiger partial charge is 0.397 e. The molecule has 1 atom stereocenters. The van der Waals surface area contributed by atoms with Gasteiger partial charge in [0.1, 0.15) is 0 Å². The number of nitrogens with one attached hydrogen (secondary N) is 1. The highest BCUT2D eigenvalue weighted by Crippen LogP contribution is 2.28. The van der Waals surface area contributed by atoms with E-state index in [1.807, 2.05) is 12.3 Å². The minimum absolute atomic E-state index is 0.608. The lowest BCUT2D eigenvalue weighted by Gasteiger charge is -2.32. The Bertz CT molecular complexity index is 596. The summed E-state index contributed by atoms with van der Waals surface area (Å²) in [6, 6.07) is 6.72. The van der Waals surface area contributed by atoms with Gasteiger partial charge in [-0.2, -0.15) is 0 Å². The molecule has 1 aromatic heterocycles. The number of aromatic nitrogens is 1. The van der Waals surface area contributed by atoms with Crippen molar-refractivity contribution in [3.8, 4) is 0 Å². The van der Waals surface area contributed by atoms with Gasteiger partial charge in [0, 0.05) is 35.8 Å². The number of piperidine rings is 1. The first-order valence-electron chi connectivity index (χ1n) is 7.32. The fourth-order valence-corrected chi connectivity index (χ4v) is 2.98. The first-order chi connectivity index (χ1) is 9.75. The Kier molecular flexibility index (Phi) is 3.74. The molecule has 1 saturated heterocycles. The van der Waals surface area contributed by atoms with E-state index < -0.39 is 0 Å². The van der Waals surface area contributed by atoms with Crippen molar-refractivity contribution in [2.45, 2.75) is 25.3 Å². The molecule has 0 amide bonds. The molecular weight excluding hydrogens is 248 g/mol. The average molecular weight is 270 g/mol. The summed E-state index contributed by atoms with van der Waals surface area (Å²) in [6.07, 6.45) is 7.55. The quantitative estimate of drug-likeness (QED) is 0.842. The van der Waals surface area contributed by atoms with Crippen LogP contribution in [0.2, 0.25) is 0 Å². The monoisotopic (exact) mass is 270 g/mol. The van der Waals surface area contributed by atoms with Gasteiger partial charge in [-0.3, -0.25) is 4.98 Å². The van der Waals surface area contributed by atoms with E-state index in [1.54, 1.807) is 6.20 Å². The van der Waals surface area contributed by atoms with Crippen LogP contribution in [-0.4, -0.2) is 36.1 Å². The normalized spacial score (nSPS) is 20.1. The van der Waals surface area contributed by atoms with E-state index in [1.165, 1.54) is 25.8 Å². The number of benzene rings is 1. The van der Waals surface area contributed by atoms with E-state index in [-0.39, 0.29) is 0 Å². The number of rotatable bonds is 3. The molecular formula is C16H22N4. The molecule has 3 rings (SSSR count). The zero-order chi connectivity index (χ0) is 13.9. The van der Waals surface area contributed by atoms with Crippen LogP contribution in [-0.2, 0) is 0 Å². The second kappa shape index (κ2) is 5.67. The van der Waals surface area contributed by atoms with Crippen LogP contribution in [0.3, 0.4) is 0 Å². The third kappa shape index (κ3) is 2.56. The number of hydrogen-bond acceptors (Lipinski definition) is 4. The van der Waals surface area contributed by atoms with Gasteiger partial charge in [0.15, 0.2) is 0 Å². The molecule has 1 aliphatic rings. The van der Waals surface area contributed by atoms with Gasteiger partial charge in [-0.1, -0.05) is 12.5 Å². The Labute approximate surface area is 120 Å². The molecule has 2 heterocycles. The lowest BCUT2D eigenvalue weighted by atomic mass is 10.0. The van der Waals surface area contributed by atoms with Crippen molar-refractivity contribution in [2.24, 2.45) is 0 Å². The van der Waals surface area contributed by atoms with Crippen molar-refractivity contribution < 1.29 is 0 Å². The second-order valence-corrected chi connectivity index (χ2v) is 5.63. The number of fused-ring (bicyclic) bond motifs is 1. The number of nitrogens with two attached hydrogens (primary N) is 1. The molecule has 0 bridgehead atoms. The molecule has 1 aromatic carbocycles. The van der Waals surface area contributed by atoms with Crippen LogP contribution in [0.4, 0.5) is 11.4 Å². The highest BCUT2D eigenvalue weighted by Gasteiger charge is 2.18. The molecule has 1 fully saturated rings. The molecule has 4 nitrogen and oxygen atoms in total. The predicted molar refractivity (Wildman–Crippen MR) is 84.9 cm³/mol. The van der Waals surface area contributed by atoms with E-state index in [2.05, 4.69) is 34.4 Å². The standard InChI is InChI=1S/C16H22N4/c1-20-9-3-2-4-13(20)11-19-15-6-5-12-10-18-8-7-14(12)16(15)17/h5-8,10,13,19H,2-4,9,11,17H2,1H3. The van der Waals surface area contributed by atoms with Gasteiger partial charge < -0.3 is 16.0 Å². The van der Waals surface area contributed by atoms with E-state index in [0.29, 0.717) is 6.04 Å². The van der Waals surface area contributed by atoms with Gasteiger partial charge in [0.2, 0.25) is 0 Å². The zero-order valence-corrected chi connectivity index (χ0v) is 12.0. The predicted octanol–water partition coefficient (Wildman–Crippen LogP) is 2.71. The summed E-state index contributed by atoms with van der Waals surface area (Å²) < 4.78 is 0. The van der Waals surface area contributed by atoms with Gasteiger partial charge in [-0.15, -0.1) is 0 Å². The van der Waals surface area contributed by atoms with Crippen LogP contribution in [0.25, 0.3) is 10.8 Å². The molecule has 106 valence electrons. The second-order valence-electron chi connectivity index (χ2n) is 5.63. The van der Waals surface area contributed by atoms with Crippen LogP contribution in [0.5, 0.6) is 0 Å². The van der Waals surface area contributed by atoms with Gasteiger partial charge in [-0.25, -0.2) is 0 Å². The zero-order valence-electron chi connectivity index (χ0n) is 12.0. The number of likely N-dealkylation sites (N-methyl/N-ethyl adjacent to an activating group) is 1. The summed E-state index contributed by atoms with van der Waals surface area (Å²) in [5.41, 5.74) is 8.12.